The molecule has 2 fully saturated rings. The largest absolute Gasteiger partial charge is 0.282 e. The first-order valence-corrected chi connectivity index (χ1v) is 10.9. The summed E-state index contributed by atoms with van der Waals surface area (Å²) in [5.74, 6) is 0. The third kappa shape index (κ3) is 5.43. The average molecular weight is 371 g/mol. The summed E-state index contributed by atoms with van der Waals surface area (Å²) in [4.78, 5) is 24.4. The summed E-state index contributed by atoms with van der Waals surface area (Å²) < 4.78 is -0.0751. The average Bonchev–Trinajstić information content (AvgIpc) is 3.10. The highest BCUT2D eigenvalue weighted by Crippen LogP contribution is 2.62. The molecule has 0 unspecified atom stereocenters. The van der Waals surface area contributed by atoms with Crippen molar-refractivity contribution in [2.24, 2.45) is 0 Å². The number of hydrogen-bond acceptors (Lipinski definition) is 5. The SMILES string of the molecule is CC=CC(=O)SC1(SC2(SC(=O)C=CC)CCCC2)CCCC1. The normalized spacial score (nSPS) is 23.0. The Morgan fingerprint density at radius 3 is 1.39 bits per heavy atom. The molecule has 0 bridgehead atoms. The lowest BCUT2D eigenvalue weighted by atomic mass is 10.3. The summed E-state index contributed by atoms with van der Waals surface area (Å²) in [7, 11) is 0. The molecule has 0 aromatic heterocycles. The van der Waals surface area contributed by atoms with Crippen LogP contribution in [0.3, 0.4) is 0 Å². The molecule has 0 aliphatic heterocycles. The number of hydrogen-bond donors (Lipinski definition) is 0. The molecule has 0 saturated heterocycles. The highest BCUT2D eigenvalue weighted by atomic mass is 32.2. The standard InChI is InChI=1S/C18H26O2S3/c1-3-9-15(19)21-17(11-5-6-12-17)23-18(13-7-8-14-18)22-16(20)10-4-2/h3-4,9-10H,5-8,11-14H2,1-2H3. The van der Waals surface area contributed by atoms with Crippen LogP contribution in [0.1, 0.15) is 65.2 Å². The second-order valence-electron chi connectivity index (χ2n) is 6.18. The number of allylic oxidation sites excluding steroid dienone is 2. The predicted molar refractivity (Wildman–Crippen MR) is 105 cm³/mol. The molecule has 2 aliphatic rings. The van der Waals surface area contributed by atoms with Gasteiger partial charge in [0.15, 0.2) is 0 Å². The van der Waals surface area contributed by atoms with E-state index in [9.17, 15) is 9.59 Å². The van der Waals surface area contributed by atoms with Gasteiger partial charge in [-0.3, -0.25) is 9.59 Å². The lowest BCUT2D eigenvalue weighted by Gasteiger charge is -2.37. The van der Waals surface area contributed by atoms with Crippen LogP contribution < -0.4 is 0 Å². The van der Waals surface area contributed by atoms with Gasteiger partial charge in [-0.2, -0.15) is 0 Å². The molecule has 2 saturated carbocycles. The van der Waals surface area contributed by atoms with Gasteiger partial charge in [-0.15, -0.1) is 11.8 Å². The fraction of sp³-hybridized carbons (Fsp3) is 0.667. The van der Waals surface area contributed by atoms with Gasteiger partial charge >= 0.3 is 0 Å². The van der Waals surface area contributed by atoms with Crippen LogP contribution >= 0.6 is 35.3 Å². The summed E-state index contributed by atoms with van der Waals surface area (Å²) in [6.07, 6.45) is 16.0. The third-order valence-corrected chi connectivity index (χ3v) is 9.08. The minimum absolute atomic E-state index is 0.0376. The molecule has 23 heavy (non-hydrogen) atoms. The zero-order valence-corrected chi connectivity index (χ0v) is 16.5. The number of carbonyl (C=O) groups is 2. The summed E-state index contributed by atoms with van der Waals surface area (Å²) in [6, 6.07) is 0. The van der Waals surface area contributed by atoms with Gasteiger partial charge in [-0.1, -0.05) is 61.4 Å². The Morgan fingerprint density at radius 2 is 1.09 bits per heavy atom. The molecule has 0 amide bonds. The Kier molecular flexibility index (Phi) is 7.36. The Hall–Kier alpha value is -0.130. The number of carbonyl (C=O) groups excluding carboxylic acids is 2. The lowest BCUT2D eigenvalue weighted by molar-refractivity contribution is -0.107. The van der Waals surface area contributed by atoms with Crippen LogP contribution in [-0.2, 0) is 9.59 Å². The number of rotatable bonds is 6. The molecular weight excluding hydrogens is 344 g/mol. The first kappa shape index (κ1) is 19.2. The molecule has 2 rings (SSSR count). The lowest BCUT2D eigenvalue weighted by Crippen LogP contribution is -2.28. The van der Waals surface area contributed by atoms with Crippen molar-refractivity contribution >= 4 is 45.5 Å². The monoisotopic (exact) mass is 370 g/mol. The minimum Gasteiger partial charge on any atom is -0.282 e. The van der Waals surface area contributed by atoms with Crippen LogP contribution in [0.25, 0.3) is 0 Å². The predicted octanol–water partition coefficient (Wildman–Crippen LogP) is 5.93. The molecule has 128 valence electrons. The van der Waals surface area contributed by atoms with Crippen molar-refractivity contribution in [2.45, 2.75) is 73.4 Å². The highest BCUT2D eigenvalue weighted by molar-refractivity contribution is 8.33. The second kappa shape index (κ2) is 8.82. The maximum atomic E-state index is 12.2. The van der Waals surface area contributed by atoms with E-state index < -0.39 is 0 Å². The molecule has 2 nitrogen and oxygen atoms in total. The summed E-state index contributed by atoms with van der Waals surface area (Å²) >= 11 is 4.93. The van der Waals surface area contributed by atoms with Gasteiger partial charge in [0.2, 0.25) is 10.2 Å². The summed E-state index contributed by atoms with van der Waals surface area (Å²) in [6.45, 7) is 3.77. The van der Waals surface area contributed by atoms with Crippen LogP contribution in [0, 0.1) is 0 Å². The molecule has 0 heterocycles. The van der Waals surface area contributed by atoms with Crippen molar-refractivity contribution in [1.82, 2.24) is 0 Å². The molecule has 0 spiro atoms. The molecule has 5 heteroatoms. The van der Waals surface area contributed by atoms with Crippen LogP contribution in [0.5, 0.6) is 0 Å². The Balaban J connectivity index is 2.14. The summed E-state index contributed by atoms with van der Waals surface area (Å²) in [5.41, 5.74) is 0. The fourth-order valence-electron chi connectivity index (χ4n) is 3.32. The molecule has 2 aliphatic carbocycles. The van der Waals surface area contributed by atoms with E-state index in [4.69, 9.17) is 0 Å². The molecule has 0 atom stereocenters. The van der Waals surface area contributed by atoms with Gasteiger partial charge < -0.3 is 0 Å². The fourth-order valence-corrected chi connectivity index (χ4v) is 9.06. The molecule has 0 aromatic rings. The smallest absolute Gasteiger partial charge is 0.213 e. The molecular formula is C18H26O2S3. The first-order valence-electron chi connectivity index (χ1n) is 8.45. The highest BCUT2D eigenvalue weighted by Gasteiger charge is 2.47. The third-order valence-electron chi connectivity index (χ3n) is 4.28. The van der Waals surface area contributed by atoms with Crippen LogP contribution in [-0.4, -0.2) is 18.4 Å². The minimum atomic E-state index is -0.0376. The van der Waals surface area contributed by atoms with Gasteiger partial charge in [0.25, 0.3) is 0 Å². The van der Waals surface area contributed by atoms with Crippen molar-refractivity contribution in [2.75, 3.05) is 0 Å². The van der Waals surface area contributed by atoms with Crippen molar-refractivity contribution < 1.29 is 9.59 Å². The molecule has 0 N–H and O–H groups in total. The van der Waals surface area contributed by atoms with Crippen molar-refractivity contribution in [1.29, 1.82) is 0 Å². The molecule has 0 radical (unpaired) electrons. The van der Waals surface area contributed by atoms with Crippen LogP contribution in [0.4, 0.5) is 0 Å². The maximum absolute atomic E-state index is 12.2. The zero-order chi connectivity index (χ0) is 16.8. The Morgan fingerprint density at radius 1 is 0.739 bits per heavy atom. The van der Waals surface area contributed by atoms with E-state index in [1.165, 1.54) is 49.2 Å². The van der Waals surface area contributed by atoms with E-state index in [1.54, 1.807) is 12.2 Å². The zero-order valence-electron chi connectivity index (χ0n) is 14.0. The van der Waals surface area contributed by atoms with Crippen LogP contribution in [0.15, 0.2) is 24.3 Å². The van der Waals surface area contributed by atoms with Gasteiger partial charge in [0.1, 0.15) is 0 Å². The van der Waals surface area contributed by atoms with Gasteiger partial charge in [-0.25, -0.2) is 0 Å². The van der Waals surface area contributed by atoms with E-state index >= 15 is 0 Å². The Labute approximate surface area is 152 Å². The van der Waals surface area contributed by atoms with E-state index in [1.807, 2.05) is 37.8 Å². The van der Waals surface area contributed by atoms with Gasteiger partial charge in [-0.05, 0) is 51.7 Å². The van der Waals surface area contributed by atoms with Crippen molar-refractivity contribution in [3.05, 3.63) is 24.3 Å². The first-order chi connectivity index (χ1) is 11.0. The quantitative estimate of drug-likeness (QED) is 0.427. The van der Waals surface area contributed by atoms with Crippen molar-refractivity contribution in [3.63, 3.8) is 0 Å². The maximum Gasteiger partial charge on any atom is 0.213 e. The second-order valence-corrected chi connectivity index (χ2v) is 11.2. The van der Waals surface area contributed by atoms with E-state index in [2.05, 4.69) is 0 Å². The topological polar surface area (TPSA) is 34.1 Å². The van der Waals surface area contributed by atoms with Gasteiger partial charge in [0.05, 0.1) is 8.16 Å². The number of thioether (sulfide) groups is 3. The molecule has 0 aromatic carbocycles. The van der Waals surface area contributed by atoms with E-state index in [0.29, 0.717) is 0 Å². The summed E-state index contributed by atoms with van der Waals surface area (Å²) in [5, 5.41) is 0.305. The van der Waals surface area contributed by atoms with E-state index in [0.717, 1.165) is 25.7 Å². The van der Waals surface area contributed by atoms with Crippen molar-refractivity contribution in [3.8, 4) is 0 Å². The van der Waals surface area contributed by atoms with Crippen LogP contribution in [0.2, 0.25) is 0 Å². The van der Waals surface area contributed by atoms with Gasteiger partial charge in [0, 0.05) is 0 Å². The Bertz CT molecular complexity index is 440. The van der Waals surface area contributed by atoms with E-state index in [-0.39, 0.29) is 18.4 Å².